The Balaban J connectivity index is 1.39. The van der Waals surface area contributed by atoms with Gasteiger partial charge in [-0.3, -0.25) is 0 Å². The van der Waals surface area contributed by atoms with E-state index in [1.165, 1.54) is 62.5 Å². The van der Waals surface area contributed by atoms with Crippen LogP contribution in [0.5, 0.6) is 0 Å². The normalized spacial score (nSPS) is 27.1. The third kappa shape index (κ3) is 4.82. The molecule has 0 heterocycles. The van der Waals surface area contributed by atoms with Gasteiger partial charge in [-0.05, 0) is 99.7 Å². The highest BCUT2D eigenvalue weighted by atomic mass is 19.1. The average Bonchev–Trinajstić information content (AvgIpc) is 2.74. The lowest BCUT2D eigenvalue weighted by Gasteiger charge is -2.42. The van der Waals surface area contributed by atoms with Crippen LogP contribution in [-0.4, -0.2) is 0 Å². The largest absolute Gasteiger partial charge is 0.206 e. The van der Waals surface area contributed by atoms with E-state index in [1.54, 1.807) is 0 Å². The van der Waals surface area contributed by atoms with Gasteiger partial charge in [0.25, 0.3) is 0 Å². The zero-order valence-corrected chi connectivity index (χ0v) is 18.0. The third-order valence-electron chi connectivity index (χ3n) is 7.53. The second-order valence-electron chi connectivity index (χ2n) is 9.46. The van der Waals surface area contributed by atoms with E-state index in [0.29, 0.717) is 5.92 Å². The molecule has 2 aromatic carbocycles. The fourth-order valence-corrected chi connectivity index (χ4v) is 5.80. The van der Waals surface area contributed by atoms with Gasteiger partial charge >= 0.3 is 0 Å². The average molecular weight is 391 g/mol. The Hall–Kier alpha value is -1.89. The second kappa shape index (κ2) is 9.28. The van der Waals surface area contributed by atoms with E-state index in [-0.39, 0.29) is 5.82 Å². The third-order valence-corrected chi connectivity index (χ3v) is 7.53. The molecule has 29 heavy (non-hydrogen) atoms. The smallest absolute Gasteiger partial charge is 0.131 e. The van der Waals surface area contributed by atoms with Gasteiger partial charge in [-0.1, -0.05) is 60.5 Å². The van der Waals surface area contributed by atoms with E-state index in [0.717, 1.165) is 28.9 Å². The number of rotatable bonds is 5. The van der Waals surface area contributed by atoms with E-state index in [1.807, 2.05) is 24.3 Å². The molecule has 0 nitrogen and oxygen atoms in total. The van der Waals surface area contributed by atoms with Crippen molar-refractivity contribution >= 4 is 0 Å². The van der Waals surface area contributed by atoms with E-state index in [2.05, 4.69) is 44.2 Å². The zero-order chi connectivity index (χ0) is 20.2. The van der Waals surface area contributed by atoms with E-state index >= 15 is 0 Å². The van der Waals surface area contributed by atoms with Gasteiger partial charge in [0, 0.05) is 5.56 Å². The van der Waals surface area contributed by atoms with Crippen molar-refractivity contribution in [1.82, 2.24) is 0 Å². The maximum atomic E-state index is 14.9. The molecular formula is C28H35F. The van der Waals surface area contributed by atoms with Crippen molar-refractivity contribution in [1.29, 1.82) is 0 Å². The van der Waals surface area contributed by atoms with Crippen LogP contribution in [0, 0.1) is 30.5 Å². The first-order valence-corrected chi connectivity index (χ1v) is 11.6. The van der Waals surface area contributed by atoms with Gasteiger partial charge in [0.2, 0.25) is 0 Å². The molecule has 2 fully saturated rings. The van der Waals surface area contributed by atoms with Gasteiger partial charge in [0.1, 0.15) is 5.82 Å². The Labute approximate surface area is 176 Å². The summed E-state index contributed by atoms with van der Waals surface area (Å²) in [5.41, 5.74) is 4.12. The Kier molecular flexibility index (Phi) is 6.53. The van der Waals surface area contributed by atoms with Crippen molar-refractivity contribution in [2.24, 2.45) is 17.8 Å². The number of benzene rings is 2. The Morgan fingerprint density at radius 2 is 1.69 bits per heavy atom. The predicted octanol–water partition coefficient (Wildman–Crippen LogP) is 8.46. The lowest BCUT2D eigenvalue weighted by atomic mass is 9.63. The van der Waals surface area contributed by atoms with E-state index < -0.39 is 0 Å². The van der Waals surface area contributed by atoms with Gasteiger partial charge in [0.15, 0.2) is 0 Å². The molecule has 0 bridgehead atoms. The first kappa shape index (κ1) is 20.4. The van der Waals surface area contributed by atoms with Crippen LogP contribution >= 0.6 is 0 Å². The van der Waals surface area contributed by atoms with Crippen molar-refractivity contribution in [2.75, 3.05) is 0 Å². The van der Waals surface area contributed by atoms with Gasteiger partial charge in [-0.25, -0.2) is 4.39 Å². The van der Waals surface area contributed by atoms with Crippen molar-refractivity contribution in [3.63, 3.8) is 0 Å². The molecular weight excluding hydrogens is 355 g/mol. The van der Waals surface area contributed by atoms with Crippen LogP contribution in [0.15, 0.2) is 54.6 Å². The highest BCUT2D eigenvalue weighted by Crippen LogP contribution is 2.48. The molecule has 0 aliphatic heterocycles. The summed E-state index contributed by atoms with van der Waals surface area (Å²) in [7, 11) is 0. The predicted molar refractivity (Wildman–Crippen MR) is 122 cm³/mol. The number of fused-ring (bicyclic) bond motifs is 1. The molecule has 2 aliphatic rings. The quantitative estimate of drug-likeness (QED) is 0.449. The summed E-state index contributed by atoms with van der Waals surface area (Å²) in [6, 6.07) is 14.2. The Morgan fingerprint density at radius 1 is 0.931 bits per heavy atom. The van der Waals surface area contributed by atoms with Crippen LogP contribution in [0.25, 0.3) is 11.1 Å². The first-order chi connectivity index (χ1) is 14.1. The molecule has 0 amide bonds. The van der Waals surface area contributed by atoms with Crippen molar-refractivity contribution in [3.8, 4) is 11.1 Å². The fourth-order valence-electron chi connectivity index (χ4n) is 5.80. The summed E-state index contributed by atoms with van der Waals surface area (Å²) in [5, 5.41) is 0. The number of aryl methyl sites for hydroxylation is 1. The molecule has 4 rings (SSSR count). The lowest BCUT2D eigenvalue weighted by Crippen LogP contribution is -2.30. The second-order valence-corrected chi connectivity index (χ2v) is 9.46. The topological polar surface area (TPSA) is 0 Å². The first-order valence-electron chi connectivity index (χ1n) is 11.6. The SMILES string of the molecule is C/C=C/CCC1CCC2CC(c3ccc(-c4ccc(C)cc4)c(F)c3)CCC2C1. The molecule has 0 aromatic heterocycles. The van der Waals surface area contributed by atoms with Crippen molar-refractivity contribution < 1.29 is 4.39 Å². The number of allylic oxidation sites excluding steroid dienone is 2. The minimum atomic E-state index is -0.0684. The fraction of sp³-hybridized carbons (Fsp3) is 0.500. The standard InChI is InChI=1S/C28H35F/c1-3-4-5-6-21-9-12-24-18-25(14-13-23(24)17-21)26-15-16-27(28(29)19-26)22-10-7-20(2)8-11-22/h3-4,7-8,10-11,15-16,19,21,23-25H,5-6,9,12-14,17-18H2,1-2H3/b4-3+. The van der Waals surface area contributed by atoms with Gasteiger partial charge in [-0.15, -0.1) is 0 Å². The van der Waals surface area contributed by atoms with Crippen LogP contribution in [0.4, 0.5) is 4.39 Å². The summed E-state index contributed by atoms with van der Waals surface area (Å²) in [5.74, 6) is 3.16. The van der Waals surface area contributed by atoms with Crippen LogP contribution in [0.1, 0.15) is 75.3 Å². The van der Waals surface area contributed by atoms with E-state index in [4.69, 9.17) is 0 Å². The molecule has 0 saturated heterocycles. The van der Waals surface area contributed by atoms with Crippen LogP contribution < -0.4 is 0 Å². The maximum absolute atomic E-state index is 14.9. The molecule has 4 unspecified atom stereocenters. The molecule has 0 radical (unpaired) electrons. The summed E-state index contributed by atoms with van der Waals surface area (Å²) in [6.07, 6.45) is 15.1. The molecule has 0 spiro atoms. The van der Waals surface area contributed by atoms with Crippen molar-refractivity contribution in [3.05, 3.63) is 71.6 Å². The van der Waals surface area contributed by atoms with E-state index in [9.17, 15) is 4.39 Å². The Morgan fingerprint density at radius 3 is 2.45 bits per heavy atom. The summed E-state index contributed by atoms with van der Waals surface area (Å²) < 4.78 is 14.9. The molecule has 2 aromatic rings. The molecule has 4 atom stereocenters. The van der Waals surface area contributed by atoms with Crippen LogP contribution in [0.2, 0.25) is 0 Å². The van der Waals surface area contributed by atoms with Crippen LogP contribution in [-0.2, 0) is 0 Å². The molecule has 1 heteroatoms. The molecule has 154 valence electrons. The number of halogens is 1. The Bertz CT molecular complexity index is 832. The van der Waals surface area contributed by atoms with Gasteiger partial charge in [0.05, 0.1) is 0 Å². The highest BCUT2D eigenvalue weighted by molar-refractivity contribution is 5.64. The minimum Gasteiger partial charge on any atom is -0.206 e. The summed E-state index contributed by atoms with van der Waals surface area (Å²) in [4.78, 5) is 0. The molecule has 2 aliphatic carbocycles. The highest BCUT2D eigenvalue weighted by Gasteiger charge is 2.35. The lowest BCUT2D eigenvalue weighted by molar-refractivity contribution is 0.115. The van der Waals surface area contributed by atoms with Crippen molar-refractivity contribution in [2.45, 2.75) is 71.1 Å². The molecule has 2 saturated carbocycles. The number of hydrogen-bond acceptors (Lipinski definition) is 0. The van der Waals surface area contributed by atoms with Gasteiger partial charge in [-0.2, -0.15) is 0 Å². The summed E-state index contributed by atoms with van der Waals surface area (Å²) >= 11 is 0. The maximum Gasteiger partial charge on any atom is 0.131 e. The monoisotopic (exact) mass is 390 g/mol. The van der Waals surface area contributed by atoms with Crippen LogP contribution in [0.3, 0.4) is 0 Å². The molecule has 0 N–H and O–H groups in total. The zero-order valence-electron chi connectivity index (χ0n) is 18.0. The summed E-state index contributed by atoms with van der Waals surface area (Å²) in [6.45, 7) is 4.18. The minimum absolute atomic E-state index is 0.0684. The van der Waals surface area contributed by atoms with Gasteiger partial charge < -0.3 is 0 Å². The number of hydrogen-bond donors (Lipinski definition) is 0.